The van der Waals surface area contributed by atoms with Gasteiger partial charge in [0.15, 0.2) is 5.43 Å². The van der Waals surface area contributed by atoms with E-state index in [0.29, 0.717) is 28.9 Å². The van der Waals surface area contributed by atoms with Gasteiger partial charge in [0.25, 0.3) is 0 Å². The Balaban J connectivity index is 1.59. The van der Waals surface area contributed by atoms with Gasteiger partial charge in [0.1, 0.15) is 0 Å². The number of nitrogens with zero attached hydrogens (tertiary/aromatic N) is 1. The van der Waals surface area contributed by atoms with Crippen molar-refractivity contribution in [2.75, 3.05) is 5.32 Å². The van der Waals surface area contributed by atoms with Gasteiger partial charge in [0.2, 0.25) is 5.91 Å². The van der Waals surface area contributed by atoms with E-state index in [1.54, 1.807) is 6.20 Å². The fraction of sp³-hybridized carbons (Fsp3) is 0.267. The molecule has 1 aromatic heterocycles. The average Bonchev–Trinajstić information content (AvgIpc) is 2.89. The first kappa shape index (κ1) is 24.1. The molecule has 0 saturated heterocycles. The van der Waals surface area contributed by atoms with E-state index >= 15 is 0 Å². The van der Waals surface area contributed by atoms with Crippen LogP contribution in [0.1, 0.15) is 54.0 Å². The van der Waals surface area contributed by atoms with Crippen molar-refractivity contribution in [2.24, 2.45) is 5.73 Å². The molecule has 3 N–H and O–H groups in total. The molecule has 4 aromatic rings. The number of amides is 1. The van der Waals surface area contributed by atoms with Gasteiger partial charge in [-0.1, -0.05) is 66.2 Å². The number of carbonyl (C=O) groups is 1. The first-order chi connectivity index (χ1) is 17.5. The summed E-state index contributed by atoms with van der Waals surface area (Å²) in [6.07, 6.45) is 5.29. The van der Waals surface area contributed by atoms with E-state index in [2.05, 4.69) is 29.6 Å². The van der Waals surface area contributed by atoms with Gasteiger partial charge in [-0.05, 0) is 61.4 Å². The lowest BCUT2D eigenvalue weighted by Crippen LogP contribution is -2.29. The van der Waals surface area contributed by atoms with Gasteiger partial charge in [0, 0.05) is 23.7 Å². The molecule has 0 saturated carbocycles. The number of nitrogens with one attached hydrogen (secondary N) is 1. The van der Waals surface area contributed by atoms with Gasteiger partial charge >= 0.3 is 0 Å². The Bertz CT molecular complexity index is 1480. The molecule has 36 heavy (non-hydrogen) atoms. The molecule has 2 unspecified atom stereocenters. The van der Waals surface area contributed by atoms with Crippen LogP contribution in [0.5, 0.6) is 0 Å². The molecule has 5 rings (SSSR count). The van der Waals surface area contributed by atoms with Crippen molar-refractivity contribution in [2.45, 2.75) is 51.1 Å². The van der Waals surface area contributed by atoms with Crippen molar-refractivity contribution < 1.29 is 4.79 Å². The minimum atomic E-state index is -0.723. The number of benzene rings is 3. The fourth-order valence-electron chi connectivity index (χ4n) is 5.36. The van der Waals surface area contributed by atoms with E-state index in [0.717, 1.165) is 36.0 Å². The molecule has 1 aliphatic rings. The van der Waals surface area contributed by atoms with Crippen LogP contribution in [0.4, 0.5) is 5.69 Å². The Morgan fingerprint density at radius 2 is 1.89 bits per heavy atom. The van der Waals surface area contributed by atoms with Crippen molar-refractivity contribution in [3.05, 3.63) is 110 Å². The quantitative estimate of drug-likeness (QED) is 0.328. The molecule has 0 radical (unpaired) electrons. The third-order valence-corrected chi connectivity index (χ3v) is 7.55. The molecule has 184 valence electrons. The Morgan fingerprint density at radius 3 is 2.64 bits per heavy atom. The molecule has 6 heteroatoms. The summed E-state index contributed by atoms with van der Waals surface area (Å²) in [5.74, 6) is -1.23. The number of carbonyl (C=O) groups excluding carboxylic acids is 1. The van der Waals surface area contributed by atoms with Gasteiger partial charge in [-0.3, -0.25) is 9.59 Å². The predicted molar refractivity (Wildman–Crippen MR) is 147 cm³/mol. The first-order valence-corrected chi connectivity index (χ1v) is 12.9. The molecule has 0 fully saturated rings. The van der Waals surface area contributed by atoms with Crippen molar-refractivity contribution in [3.8, 4) is 0 Å². The Kier molecular flexibility index (Phi) is 6.84. The molecular formula is C30H30ClN3O2. The van der Waals surface area contributed by atoms with Crippen molar-refractivity contribution in [1.82, 2.24) is 4.57 Å². The number of primary amides is 1. The summed E-state index contributed by atoms with van der Waals surface area (Å²) in [6, 6.07) is 21.9. The molecular weight excluding hydrogens is 470 g/mol. The SMILES string of the molecule is CCn1cc(C(Cc2ccccc2)C(N)=O)c(=O)c2cc(NC3CCCc4ccccc43)c(Cl)cc21. The summed E-state index contributed by atoms with van der Waals surface area (Å²) >= 11 is 6.74. The number of hydrogen-bond donors (Lipinski definition) is 2. The second-order valence-corrected chi connectivity index (χ2v) is 9.89. The van der Waals surface area contributed by atoms with Gasteiger partial charge in [-0.15, -0.1) is 0 Å². The predicted octanol–water partition coefficient (Wildman–Crippen LogP) is 5.98. The number of aryl methyl sites for hydroxylation is 2. The molecule has 1 heterocycles. The molecule has 0 bridgehead atoms. The molecule has 1 amide bonds. The lowest BCUT2D eigenvalue weighted by molar-refractivity contribution is -0.119. The zero-order valence-corrected chi connectivity index (χ0v) is 21.1. The first-order valence-electron chi connectivity index (χ1n) is 12.5. The van der Waals surface area contributed by atoms with Gasteiger partial charge in [-0.2, -0.15) is 0 Å². The van der Waals surface area contributed by atoms with E-state index in [1.165, 1.54) is 11.1 Å². The maximum absolute atomic E-state index is 13.8. The fourth-order valence-corrected chi connectivity index (χ4v) is 5.57. The minimum Gasteiger partial charge on any atom is -0.377 e. The largest absolute Gasteiger partial charge is 0.377 e. The van der Waals surface area contributed by atoms with E-state index in [-0.39, 0.29) is 11.5 Å². The van der Waals surface area contributed by atoms with Crippen LogP contribution in [0.15, 0.2) is 77.7 Å². The summed E-state index contributed by atoms with van der Waals surface area (Å²) < 4.78 is 1.97. The van der Waals surface area contributed by atoms with Gasteiger partial charge in [-0.25, -0.2) is 0 Å². The van der Waals surface area contributed by atoms with E-state index in [4.69, 9.17) is 17.3 Å². The lowest BCUT2D eigenvalue weighted by atomic mass is 9.87. The Morgan fingerprint density at radius 1 is 1.14 bits per heavy atom. The monoisotopic (exact) mass is 499 g/mol. The van der Waals surface area contributed by atoms with E-state index < -0.39 is 11.8 Å². The van der Waals surface area contributed by atoms with Gasteiger partial charge < -0.3 is 15.6 Å². The maximum Gasteiger partial charge on any atom is 0.225 e. The van der Waals surface area contributed by atoms with E-state index in [9.17, 15) is 9.59 Å². The minimum absolute atomic E-state index is 0.123. The summed E-state index contributed by atoms with van der Waals surface area (Å²) in [4.78, 5) is 26.3. The molecule has 0 spiro atoms. The molecule has 2 atom stereocenters. The summed E-state index contributed by atoms with van der Waals surface area (Å²) in [6.45, 7) is 2.63. The number of hydrogen-bond acceptors (Lipinski definition) is 3. The topological polar surface area (TPSA) is 77.1 Å². The molecule has 3 aromatic carbocycles. The van der Waals surface area contributed by atoms with Crippen molar-refractivity contribution in [1.29, 1.82) is 0 Å². The third-order valence-electron chi connectivity index (χ3n) is 7.24. The van der Waals surface area contributed by atoms with Crippen LogP contribution in [0, 0.1) is 0 Å². The second kappa shape index (κ2) is 10.2. The van der Waals surface area contributed by atoms with Crippen LogP contribution >= 0.6 is 11.6 Å². The second-order valence-electron chi connectivity index (χ2n) is 9.48. The van der Waals surface area contributed by atoms with Crippen LogP contribution in [0.2, 0.25) is 5.02 Å². The van der Waals surface area contributed by atoms with Crippen LogP contribution in [-0.4, -0.2) is 10.5 Å². The maximum atomic E-state index is 13.8. The average molecular weight is 500 g/mol. The number of aromatic nitrogens is 1. The number of pyridine rings is 1. The van der Waals surface area contributed by atoms with Crippen LogP contribution in [-0.2, 0) is 24.2 Å². The van der Waals surface area contributed by atoms with Crippen molar-refractivity contribution >= 4 is 34.1 Å². The Labute approximate surface area is 215 Å². The third kappa shape index (κ3) is 4.63. The summed E-state index contributed by atoms with van der Waals surface area (Å²) in [5.41, 5.74) is 11.1. The van der Waals surface area contributed by atoms with E-state index in [1.807, 2.05) is 54.0 Å². The molecule has 1 aliphatic carbocycles. The number of nitrogens with two attached hydrogens (primary N) is 1. The normalized spacial score (nSPS) is 15.9. The van der Waals surface area contributed by atoms with Crippen LogP contribution < -0.4 is 16.5 Å². The highest BCUT2D eigenvalue weighted by atomic mass is 35.5. The number of rotatable bonds is 7. The smallest absolute Gasteiger partial charge is 0.225 e. The number of anilines is 1. The zero-order valence-electron chi connectivity index (χ0n) is 20.3. The van der Waals surface area contributed by atoms with Crippen LogP contribution in [0.25, 0.3) is 10.9 Å². The summed E-state index contributed by atoms with van der Waals surface area (Å²) in [7, 11) is 0. The number of halogens is 1. The highest BCUT2D eigenvalue weighted by Crippen LogP contribution is 2.36. The highest BCUT2D eigenvalue weighted by Gasteiger charge is 2.25. The highest BCUT2D eigenvalue weighted by molar-refractivity contribution is 6.34. The molecule has 0 aliphatic heterocycles. The summed E-state index contributed by atoms with van der Waals surface area (Å²) in [5, 5.41) is 4.70. The number of fused-ring (bicyclic) bond motifs is 2. The van der Waals surface area contributed by atoms with Crippen molar-refractivity contribution in [3.63, 3.8) is 0 Å². The van der Waals surface area contributed by atoms with Gasteiger partial charge in [0.05, 0.1) is 28.2 Å². The zero-order chi connectivity index (χ0) is 25.2. The lowest BCUT2D eigenvalue weighted by Gasteiger charge is -2.28. The Hall–Kier alpha value is -3.57. The standard InChI is InChI=1S/C30H30ClN3O2/c1-2-34-18-24(22(30(32)36)15-19-9-4-3-5-10-19)29(35)23-16-27(25(31)17-28(23)34)33-26-14-8-12-20-11-6-7-13-21(20)26/h3-7,9-11,13,16-18,22,26,33H,2,8,12,14-15H2,1H3,(H2,32,36). The van der Waals surface area contributed by atoms with Crippen LogP contribution in [0.3, 0.4) is 0 Å². The molecule has 5 nitrogen and oxygen atoms in total.